The van der Waals surface area contributed by atoms with Crippen molar-refractivity contribution >= 4 is 22.7 Å². The summed E-state index contributed by atoms with van der Waals surface area (Å²) in [6, 6.07) is 0.891. The molecule has 3 heterocycles. The van der Waals surface area contributed by atoms with Gasteiger partial charge in [0.05, 0.1) is 53.1 Å². The second kappa shape index (κ2) is 11.2. The molecule has 8 nitrogen and oxygen atoms in total. The zero-order valence-electron chi connectivity index (χ0n) is 23.5. The molecule has 1 amide bonds. The highest BCUT2D eigenvalue weighted by Gasteiger charge is 2.38. The number of ether oxygens (including phenoxy) is 2. The summed E-state index contributed by atoms with van der Waals surface area (Å²) in [6.45, 7) is 10.2. The number of carbonyl (C=O) groups is 1. The number of nitrogens with zero attached hydrogens (tertiary/aromatic N) is 5. The van der Waals surface area contributed by atoms with Crippen molar-refractivity contribution in [3.05, 3.63) is 53.9 Å². The molecule has 4 rings (SSSR count). The number of alkyl halides is 5. The van der Waals surface area contributed by atoms with Gasteiger partial charge in [-0.25, -0.2) is 18.6 Å². The third kappa shape index (κ3) is 6.76. The summed E-state index contributed by atoms with van der Waals surface area (Å²) < 4.78 is 81.1. The number of halogens is 5. The molecule has 1 aliphatic rings. The maximum atomic E-state index is 14.1. The van der Waals surface area contributed by atoms with Crippen LogP contribution in [0.1, 0.15) is 77.4 Å². The quantitative estimate of drug-likeness (QED) is 0.286. The van der Waals surface area contributed by atoms with E-state index in [1.165, 1.54) is 28.1 Å². The molecule has 0 spiro atoms. The van der Waals surface area contributed by atoms with E-state index in [2.05, 4.69) is 15.0 Å². The topological polar surface area (TPSA) is 82.4 Å². The van der Waals surface area contributed by atoms with Crippen LogP contribution in [0.5, 0.6) is 5.75 Å². The van der Waals surface area contributed by atoms with Crippen LogP contribution in [0, 0.1) is 0 Å². The van der Waals surface area contributed by atoms with Crippen molar-refractivity contribution < 1.29 is 36.2 Å². The zero-order valence-corrected chi connectivity index (χ0v) is 23.5. The van der Waals surface area contributed by atoms with E-state index in [9.17, 15) is 26.7 Å². The first kappa shape index (κ1) is 30.2. The SMILES string of the molecule is CC(C)n1cnc2cc(OC[C@@H]3CC(c4cnc(C(F)F)cn4)=C[C@H](C)N3C(=O)OC(C)(C)C)cc(C(F)(F)F)c21. The highest BCUT2D eigenvalue weighted by Crippen LogP contribution is 2.39. The zero-order chi connectivity index (χ0) is 30.3. The molecule has 0 radical (unpaired) electrons. The monoisotopic (exact) mass is 581 g/mol. The van der Waals surface area contributed by atoms with E-state index in [1.54, 1.807) is 47.6 Å². The van der Waals surface area contributed by atoms with Gasteiger partial charge in [0.2, 0.25) is 0 Å². The first-order valence-electron chi connectivity index (χ1n) is 13.1. The normalized spacial score (nSPS) is 18.3. The van der Waals surface area contributed by atoms with E-state index in [0.29, 0.717) is 11.3 Å². The van der Waals surface area contributed by atoms with E-state index >= 15 is 0 Å². The van der Waals surface area contributed by atoms with Gasteiger partial charge in [-0.2, -0.15) is 13.2 Å². The predicted octanol–water partition coefficient (Wildman–Crippen LogP) is 7.22. The summed E-state index contributed by atoms with van der Waals surface area (Å²) in [5, 5.41) is 0. The maximum absolute atomic E-state index is 14.1. The molecular weight excluding hydrogens is 549 g/mol. The van der Waals surface area contributed by atoms with Gasteiger partial charge in [0.25, 0.3) is 6.43 Å². The summed E-state index contributed by atoms with van der Waals surface area (Å²) in [5.74, 6) is -0.0622. The molecule has 0 unspecified atom stereocenters. The fourth-order valence-electron chi connectivity index (χ4n) is 4.73. The Morgan fingerprint density at radius 2 is 1.80 bits per heavy atom. The van der Waals surface area contributed by atoms with Crippen molar-refractivity contribution in [3.63, 3.8) is 0 Å². The molecular formula is C28H32F5N5O3. The molecule has 0 saturated carbocycles. The minimum absolute atomic E-state index is 0.0439. The van der Waals surface area contributed by atoms with Gasteiger partial charge in [-0.1, -0.05) is 6.08 Å². The van der Waals surface area contributed by atoms with E-state index in [0.717, 1.165) is 12.3 Å². The predicted molar refractivity (Wildman–Crippen MR) is 142 cm³/mol. The fourth-order valence-corrected chi connectivity index (χ4v) is 4.73. The molecule has 0 N–H and O–H groups in total. The number of imidazole rings is 1. The molecule has 0 aliphatic carbocycles. The molecule has 41 heavy (non-hydrogen) atoms. The van der Waals surface area contributed by atoms with Crippen molar-refractivity contribution in [2.45, 2.75) is 84.3 Å². The van der Waals surface area contributed by atoms with Crippen molar-refractivity contribution in [1.82, 2.24) is 24.4 Å². The van der Waals surface area contributed by atoms with Gasteiger partial charge in [0, 0.05) is 12.1 Å². The lowest BCUT2D eigenvalue weighted by atomic mass is 9.94. The Hall–Kier alpha value is -3.77. The van der Waals surface area contributed by atoms with Gasteiger partial charge in [0.15, 0.2) is 0 Å². The summed E-state index contributed by atoms with van der Waals surface area (Å²) >= 11 is 0. The Morgan fingerprint density at radius 1 is 1.10 bits per heavy atom. The minimum atomic E-state index is -4.66. The Balaban J connectivity index is 1.67. The molecule has 0 saturated heterocycles. The smallest absolute Gasteiger partial charge is 0.418 e. The lowest BCUT2D eigenvalue weighted by Gasteiger charge is -2.40. The number of rotatable bonds is 6. The first-order chi connectivity index (χ1) is 19.0. The van der Waals surface area contributed by atoms with Crippen LogP contribution >= 0.6 is 0 Å². The van der Waals surface area contributed by atoms with E-state index in [-0.39, 0.29) is 35.9 Å². The number of hydrogen-bond donors (Lipinski definition) is 0. The third-order valence-electron chi connectivity index (χ3n) is 6.51. The number of aromatic nitrogens is 4. The van der Waals surface area contributed by atoms with Gasteiger partial charge in [0.1, 0.15) is 23.7 Å². The van der Waals surface area contributed by atoms with Crippen molar-refractivity contribution in [3.8, 4) is 5.75 Å². The Kier molecular flexibility index (Phi) is 8.28. The lowest BCUT2D eigenvalue weighted by molar-refractivity contribution is -0.136. The average Bonchev–Trinajstić information content (AvgIpc) is 3.29. The lowest BCUT2D eigenvalue weighted by Crippen LogP contribution is -2.51. The largest absolute Gasteiger partial charge is 0.491 e. The molecule has 3 aromatic rings. The highest BCUT2D eigenvalue weighted by molar-refractivity contribution is 5.82. The van der Waals surface area contributed by atoms with Crippen molar-refractivity contribution in [1.29, 1.82) is 0 Å². The van der Waals surface area contributed by atoms with E-state index < -0.39 is 47.6 Å². The summed E-state index contributed by atoms with van der Waals surface area (Å²) in [5.41, 5.74) is -1.10. The number of hydrogen-bond acceptors (Lipinski definition) is 6. The maximum Gasteiger partial charge on any atom is 0.418 e. The standard InChI is InChI=1S/C28H32F5N5O3/c1-15(2)37-14-36-21-10-19(9-20(24(21)37)28(31,32)33)40-13-18-8-17(22-11-35-23(12-34-22)25(29)30)7-16(3)38(18)26(39)41-27(4,5)6/h7,9-12,14-16,18,25H,8,13H2,1-6H3/t16-,18-/m0/s1. The second-order valence-electron chi connectivity index (χ2n) is 11.2. The van der Waals surface area contributed by atoms with Gasteiger partial charge < -0.3 is 14.0 Å². The van der Waals surface area contributed by atoms with Gasteiger partial charge in [-0.3, -0.25) is 14.9 Å². The molecule has 222 valence electrons. The minimum Gasteiger partial charge on any atom is -0.491 e. The van der Waals surface area contributed by atoms with Gasteiger partial charge >= 0.3 is 12.3 Å². The highest BCUT2D eigenvalue weighted by atomic mass is 19.4. The van der Waals surface area contributed by atoms with Crippen LogP contribution in [0.25, 0.3) is 16.6 Å². The Bertz CT molecular complexity index is 1430. The summed E-state index contributed by atoms with van der Waals surface area (Å²) in [4.78, 5) is 26.7. The van der Waals surface area contributed by atoms with Crippen molar-refractivity contribution in [2.75, 3.05) is 6.61 Å². The molecule has 0 bridgehead atoms. The van der Waals surface area contributed by atoms with Gasteiger partial charge in [-0.05, 0) is 59.6 Å². The summed E-state index contributed by atoms with van der Waals surface area (Å²) in [6.07, 6.45) is -2.57. The molecule has 13 heteroatoms. The van der Waals surface area contributed by atoms with Crippen LogP contribution in [0.4, 0.5) is 26.7 Å². The summed E-state index contributed by atoms with van der Waals surface area (Å²) in [7, 11) is 0. The van der Waals surface area contributed by atoms with Crippen molar-refractivity contribution in [2.24, 2.45) is 0 Å². The first-order valence-corrected chi connectivity index (χ1v) is 13.1. The molecule has 1 aromatic carbocycles. The third-order valence-corrected chi connectivity index (χ3v) is 6.51. The second-order valence-corrected chi connectivity index (χ2v) is 11.2. The number of benzene rings is 1. The average molecular weight is 582 g/mol. The van der Waals surface area contributed by atoms with Crippen LogP contribution < -0.4 is 4.74 Å². The fraction of sp³-hybridized carbons (Fsp3) is 0.500. The number of fused-ring (bicyclic) bond motifs is 1. The van der Waals surface area contributed by atoms with Crippen LogP contribution in [0.2, 0.25) is 0 Å². The molecule has 2 aromatic heterocycles. The number of carbonyl (C=O) groups excluding carboxylic acids is 1. The number of amides is 1. The Labute approximate surface area is 234 Å². The van der Waals surface area contributed by atoms with Crippen LogP contribution in [-0.4, -0.2) is 54.8 Å². The molecule has 2 atom stereocenters. The van der Waals surface area contributed by atoms with Crippen LogP contribution in [0.3, 0.4) is 0 Å². The van der Waals surface area contributed by atoms with E-state index in [4.69, 9.17) is 9.47 Å². The Morgan fingerprint density at radius 3 is 2.37 bits per heavy atom. The molecule has 0 fully saturated rings. The molecule has 1 aliphatic heterocycles. The van der Waals surface area contributed by atoms with Crippen LogP contribution in [0.15, 0.2) is 36.9 Å². The van der Waals surface area contributed by atoms with Gasteiger partial charge in [-0.15, -0.1) is 0 Å². The van der Waals surface area contributed by atoms with Crippen LogP contribution in [-0.2, 0) is 10.9 Å². The van der Waals surface area contributed by atoms with E-state index in [1.807, 2.05) is 0 Å².